The summed E-state index contributed by atoms with van der Waals surface area (Å²) >= 11 is 12.6. The topological polar surface area (TPSA) is 37.8 Å². The average Bonchev–Trinajstić information content (AvgIpc) is 2.22. The van der Waals surface area contributed by atoms with E-state index in [1.165, 1.54) is 0 Å². The molecule has 3 nitrogen and oxygen atoms in total. The number of aryl methyl sites for hydroxylation is 1. The largest absolute Gasteiger partial charge is 0.339 e. The highest BCUT2D eigenvalue weighted by Gasteiger charge is 2.05. The number of halogens is 3. The summed E-state index contributed by atoms with van der Waals surface area (Å²) in [6, 6.07) is 6.02. The lowest BCUT2D eigenvalue weighted by Crippen LogP contribution is -1.96. The summed E-state index contributed by atoms with van der Waals surface area (Å²) in [4.78, 5) is 7.98. The Kier molecular flexibility index (Phi) is 4.01. The van der Waals surface area contributed by atoms with Gasteiger partial charge in [-0.3, -0.25) is 0 Å². The molecule has 1 N–H and O–H groups in total. The van der Waals surface area contributed by atoms with Gasteiger partial charge in [0.05, 0.1) is 4.47 Å². The predicted molar refractivity (Wildman–Crippen MR) is 76.9 cm³/mol. The summed E-state index contributed by atoms with van der Waals surface area (Å²) in [5.74, 6) is 0.641. The Bertz CT molecular complexity index is 540. The van der Waals surface area contributed by atoms with E-state index in [0.29, 0.717) is 5.82 Å². The number of nitrogens with one attached hydrogen (secondary N) is 1. The smallest absolute Gasteiger partial charge is 0.224 e. The monoisotopic (exact) mass is 375 g/mol. The van der Waals surface area contributed by atoms with Crippen molar-refractivity contribution < 1.29 is 0 Å². The van der Waals surface area contributed by atoms with Crippen molar-refractivity contribution in [2.45, 2.75) is 6.92 Å². The quantitative estimate of drug-likeness (QED) is 0.771. The molecule has 0 aliphatic carbocycles. The predicted octanol–water partition coefficient (Wildman–Crippen LogP) is 4.71. The Morgan fingerprint density at radius 1 is 1.24 bits per heavy atom. The molecule has 6 heteroatoms. The van der Waals surface area contributed by atoms with Gasteiger partial charge in [-0.25, -0.2) is 4.98 Å². The lowest BCUT2D eigenvalue weighted by Gasteiger charge is -2.08. The van der Waals surface area contributed by atoms with Crippen LogP contribution in [-0.4, -0.2) is 9.97 Å². The minimum Gasteiger partial charge on any atom is -0.339 e. The SMILES string of the molecule is Cc1cc(Br)cc(Nc2nc(Cl)ncc2Br)c1. The third-order valence-corrected chi connectivity index (χ3v) is 3.24. The van der Waals surface area contributed by atoms with Crippen molar-refractivity contribution in [3.8, 4) is 0 Å². The Morgan fingerprint density at radius 3 is 2.71 bits per heavy atom. The molecule has 0 aliphatic heterocycles. The molecule has 0 atom stereocenters. The van der Waals surface area contributed by atoms with Crippen molar-refractivity contribution in [1.29, 1.82) is 0 Å². The Balaban J connectivity index is 2.34. The zero-order chi connectivity index (χ0) is 12.4. The fraction of sp³-hybridized carbons (Fsp3) is 0.0909. The van der Waals surface area contributed by atoms with Gasteiger partial charge in [-0.05, 0) is 58.2 Å². The van der Waals surface area contributed by atoms with Gasteiger partial charge in [-0.15, -0.1) is 0 Å². The van der Waals surface area contributed by atoms with E-state index in [4.69, 9.17) is 11.6 Å². The van der Waals surface area contributed by atoms with Gasteiger partial charge in [0.1, 0.15) is 5.82 Å². The van der Waals surface area contributed by atoms with E-state index >= 15 is 0 Å². The Morgan fingerprint density at radius 2 is 2.00 bits per heavy atom. The van der Waals surface area contributed by atoms with E-state index in [1.807, 2.05) is 25.1 Å². The van der Waals surface area contributed by atoms with Gasteiger partial charge in [0.25, 0.3) is 0 Å². The number of hydrogen-bond donors (Lipinski definition) is 1. The molecule has 2 aromatic rings. The van der Waals surface area contributed by atoms with Crippen LogP contribution in [-0.2, 0) is 0 Å². The molecule has 2 rings (SSSR count). The number of benzene rings is 1. The van der Waals surface area contributed by atoms with Crippen molar-refractivity contribution in [2.75, 3.05) is 5.32 Å². The number of hydrogen-bond acceptors (Lipinski definition) is 3. The standard InChI is InChI=1S/C11H8Br2ClN3/c1-6-2-7(12)4-8(3-6)16-10-9(13)5-15-11(14)17-10/h2-5H,1H3,(H,15,16,17). The second kappa shape index (κ2) is 5.33. The van der Waals surface area contributed by atoms with Crippen LogP contribution >= 0.6 is 43.5 Å². The summed E-state index contributed by atoms with van der Waals surface area (Å²) < 4.78 is 1.77. The fourth-order valence-electron chi connectivity index (χ4n) is 1.38. The summed E-state index contributed by atoms with van der Waals surface area (Å²) in [5.41, 5.74) is 2.09. The van der Waals surface area contributed by atoms with Crippen molar-refractivity contribution >= 4 is 55.0 Å². The first-order chi connectivity index (χ1) is 8.04. The summed E-state index contributed by atoms with van der Waals surface area (Å²) in [6.45, 7) is 2.03. The van der Waals surface area contributed by atoms with Crippen LogP contribution in [0.25, 0.3) is 0 Å². The molecule has 0 saturated carbocycles. The van der Waals surface area contributed by atoms with Crippen LogP contribution in [0.3, 0.4) is 0 Å². The average molecular weight is 377 g/mol. The molecule has 1 aromatic carbocycles. The number of aromatic nitrogens is 2. The van der Waals surface area contributed by atoms with Crippen molar-refractivity contribution in [2.24, 2.45) is 0 Å². The normalized spacial score (nSPS) is 10.4. The van der Waals surface area contributed by atoms with Crippen molar-refractivity contribution in [3.63, 3.8) is 0 Å². The number of rotatable bonds is 2. The van der Waals surface area contributed by atoms with Crippen LogP contribution < -0.4 is 5.32 Å². The van der Waals surface area contributed by atoms with Crippen molar-refractivity contribution in [3.05, 3.63) is 44.2 Å². The first-order valence-corrected chi connectivity index (χ1v) is 6.73. The lowest BCUT2D eigenvalue weighted by molar-refractivity contribution is 1.15. The van der Waals surface area contributed by atoms with E-state index in [0.717, 1.165) is 20.2 Å². The van der Waals surface area contributed by atoms with Crippen LogP contribution in [0.2, 0.25) is 5.28 Å². The van der Waals surface area contributed by atoms with Crippen molar-refractivity contribution in [1.82, 2.24) is 9.97 Å². The molecule has 1 aromatic heterocycles. The summed E-state index contributed by atoms with van der Waals surface area (Å²) in [5, 5.41) is 3.39. The van der Waals surface area contributed by atoms with Crippen LogP contribution in [0.5, 0.6) is 0 Å². The molecule has 0 amide bonds. The van der Waals surface area contributed by atoms with Crippen LogP contribution in [0.4, 0.5) is 11.5 Å². The van der Waals surface area contributed by atoms with Gasteiger partial charge in [-0.2, -0.15) is 4.98 Å². The second-order valence-electron chi connectivity index (χ2n) is 3.48. The third-order valence-electron chi connectivity index (χ3n) is 2.02. The van der Waals surface area contributed by atoms with Gasteiger partial charge in [0.2, 0.25) is 5.28 Å². The molecule has 17 heavy (non-hydrogen) atoms. The van der Waals surface area contributed by atoms with Gasteiger partial charge in [0.15, 0.2) is 0 Å². The maximum absolute atomic E-state index is 5.75. The molecule has 0 unspecified atom stereocenters. The molecule has 88 valence electrons. The zero-order valence-corrected chi connectivity index (χ0v) is 12.8. The van der Waals surface area contributed by atoms with Gasteiger partial charge in [0, 0.05) is 16.4 Å². The maximum atomic E-state index is 5.75. The van der Waals surface area contributed by atoms with Gasteiger partial charge in [-0.1, -0.05) is 15.9 Å². The molecule has 0 bridgehead atoms. The molecule has 0 radical (unpaired) electrons. The highest BCUT2D eigenvalue weighted by molar-refractivity contribution is 9.10. The Hall–Kier alpha value is -0.650. The van der Waals surface area contributed by atoms with Crippen LogP contribution in [0, 0.1) is 6.92 Å². The third kappa shape index (κ3) is 3.40. The molecule has 0 spiro atoms. The van der Waals surface area contributed by atoms with Gasteiger partial charge < -0.3 is 5.32 Å². The van der Waals surface area contributed by atoms with E-state index in [9.17, 15) is 0 Å². The highest BCUT2D eigenvalue weighted by Crippen LogP contribution is 2.26. The lowest BCUT2D eigenvalue weighted by atomic mass is 10.2. The van der Waals surface area contributed by atoms with Crippen LogP contribution in [0.1, 0.15) is 5.56 Å². The summed E-state index contributed by atoms with van der Waals surface area (Å²) in [7, 11) is 0. The van der Waals surface area contributed by atoms with E-state index in [1.54, 1.807) is 6.20 Å². The van der Waals surface area contributed by atoms with E-state index in [2.05, 4.69) is 47.1 Å². The molecule has 0 aliphatic rings. The second-order valence-corrected chi connectivity index (χ2v) is 5.59. The van der Waals surface area contributed by atoms with E-state index < -0.39 is 0 Å². The minimum absolute atomic E-state index is 0.211. The highest BCUT2D eigenvalue weighted by atomic mass is 79.9. The zero-order valence-electron chi connectivity index (χ0n) is 8.84. The molecular weight excluding hydrogens is 369 g/mol. The van der Waals surface area contributed by atoms with Crippen LogP contribution in [0.15, 0.2) is 33.3 Å². The van der Waals surface area contributed by atoms with E-state index in [-0.39, 0.29) is 5.28 Å². The minimum atomic E-state index is 0.211. The Labute approximate surface area is 121 Å². The molecule has 1 heterocycles. The molecule has 0 fully saturated rings. The number of anilines is 2. The van der Waals surface area contributed by atoms with Gasteiger partial charge >= 0.3 is 0 Å². The first-order valence-electron chi connectivity index (χ1n) is 4.77. The summed E-state index contributed by atoms with van der Waals surface area (Å²) in [6.07, 6.45) is 1.61. The molecular formula is C11H8Br2ClN3. The number of nitrogens with zero attached hydrogens (tertiary/aromatic N) is 2. The maximum Gasteiger partial charge on any atom is 0.224 e. The fourth-order valence-corrected chi connectivity index (χ4v) is 2.41. The first kappa shape index (κ1) is 12.8. The molecule has 0 saturated heterocycles.